The van der Waals surface area contributed by atoms with E-state index in [2.05, 4.69) is 35.3 Å². The number of nitrogens with one attached hydrogen (secondary N) is 3. The molecule has 4 N–H and O–H groups in total. The van der Waals surface area contributed by atoms with Crippen molar-refractivity contribution in [2.24, 2.45) is 4.99 Å². The summed E-state index contributed by atoms with van der Waals surface area (Å²) in [5, 5.41) is 17.7. The molecule has 0 amide bonds. The second kappa shape index (κ2) is 6.40. The fourth-order valence-electron chi connectivity index (χ4n) is 3.24. The molecule has 1 unspecified atom stereocenters. The SMILES string of the molecule is O=c1[nH]c(O)c(C=c2cnn3c(=NC4CC4)nc(NC4CCS(=O)(=O)C4)nc23)[nH]1. The maximum absolute atomic E-state index is 11.7. The van der Waals surface area contributed by atoms with Gasteiger partial charge in [-0.2, -0.15) is 19.6 Å². The molecule has 0 radical (unpaired) electrons. The van der Waals surface area contributed by atoms with Gasteiger partial charge in [-0.05, 0) is 25.3 Å². The van der Waals surface area contributed by atoms with Crippen LogP contribution in [0.5, 0.6) is 5.88 Å². The van der Waals surface area contributed by atoms with Crippen LogP contribution in [-0.4, -0.2) is 66.7 Å². The molecule has 3 aromatic rings. The molecule has 152 valence electrons. The molecule has 1 aliphatic carbocycles. The molecule has 2 aliphatic rings. The van der Waals surface area contributed by atoms with Crippen LogP contribution >= 0.6 is 0 Å². The van der Waals surface area contributed by atoms with Crippen molar-refractivity contribution in [3.63, 3.8) is 0 Å². The first-order valence-corrected chi connectivity index (χ1v) is 11.0. The molecule has 12 nitrogen and oxygen atoms in total. The second-order valence-corrected chi connectivity index (χ2v) is 9.50. The fraction of sp³-hybridized carbons (Fsp3) is 0.438. The number of aromatic amines is 2. The van der Waals surface area contributed by atoms with Gasteiger partial charge in [-0.25, -0.2) is 18.2 Å². The first kappa shape index (κ1) is 17.8. The molecule has 0 bridgehead atoms. The molecule has 1 saturated heterocycles. The van der Waals surface area contributed by atoms with Gasteiger partial charge in [0, 0.05) is 11.3 Å². The lowest BCUT2D eigenvalue weighted by Crippen LogP contribution is -2.28. The van der Waals surface area contributed by atoms with E-state index < -0.39 is 15.5 Å². The zero-order valence-electron chi connectivity index (χ0n) is 15.2. The number of anilines is 1. The van der Waals surface area contributed by atoms with Gasteiger partial charge in [0.05, 0.1) is 23.7 Å². The summed E-state index contributed by atoms with van der Waals surface area (Å²) < 4.78 is 25.0. The van der Waals surface area contributed by atoms with E-state index >= 15 is 0 Å². The van der Waals surface area contributed by atoms with Gasteiger partial charge in [-0.15, -0.1) is 0 Å². The predicted molar refractivity (Wildman–Crippen MR) is 102 cm³/mol. The van der Waals surface area contributed by atoms with Crippen LogP contribution in [0.15, 0.2) is 16.0 Å². The van der Waals surface area contributed by atoms with E-state index in [4.69, 9.17) is 0 Å². The third-order valence-electron chi connectivity index (χ3n) is 4.82. The summed E-state index contributed by atoms with van der Waals surface area (Å²) in [5.74, 6) is 0.146. The van der Waals surface area contributed by atoms with Gasteiger partial charge in [0.15, 0.2) is 15.5 Å². The number of aromatic hydroxyl groups is 1. The van der Waals surface area contributed by atoms with Crippen molar-refractivity contribution < 1.29 is 13.5 Å². The second-order valence-electron chi connectivity index (χ2n) is 7.27. The summed E-state index contributed by atoms with van der Waals surface area (Å²) in [6.45, 7) is 0. The summed E-state index contributed by atoms with van der Waals surface area (Å²) in [7, 11) is -3.05. The Morgan fingerprint density at radius 2 is 2.10 bits per heavy atom. The molecule has 0 aromatic carbocycles. The minimum Gasteiger partial charge on any atom is -0.493 e. The van der Waals surface area contributed by atoms with Gasteiger partial charge in [0.2, 0.25) is 11.8 Å². The molecule has 3 aromatic heterocycles. The molecule has 2 fully saturated rings. The summed E-state index contributed by atoms with van der Waals surface area (Å²) >= 11 is 0. The van der Waals surface area contributed by atoms with Crippen LogP contribution in [0.25, 0.3) is 11.7 Å². The standard InChI is InChI=1S/C16H18N8O4S/c25-13-11(20-16(26)22-13)5-8-6-17-24-12(8)21-14(23-15(24)19-9-1-2-9)18-10-3-4-29(27,28)7-10/h5-6,9-10,25H,1-4,7H2,(H,18,19,23)(H2,20,22,26). The molecule has 4 heterocycles. The maximum Gasteiger partial charge on any atom is 0.326 e. The van der Waals surface area contributed by atoms with Gasteiger partial charge in [0.25, 0.3) is 5.62 Å². The number of hydrogen-bond donors (Lipinski definition) is 4. The van der Waals surface area contributed by atoms with E-state index in [0.29, 0.717) is 22.9 Å². The highest BCUT2D eigenvalue weighted by Crippen LogP contribution is 2.22. The Morgan fingerprint density at radius 1 is 1.28 bits per heavy atom. The van der Waals surface area contributed by atoms with Crippen molar-refractivity contribution in [1.82, 2.24) is 29.5 Å². The quantitative estimate of drug-likeness (QED) is 0.379. The zero-order valence-corrected chi connectivity index (χ0v) is 16.0. The van der Waals surface area contributed by atoms with Crippen LogP contribution in [0, 0.1) is 0 Å². The third-order valence-corrected chi connectivity index (χ3v) is 6.59. The van der Waals surface area contributed by atoms with Crippen molar-refractivity contribution in [3.05, 3.63) is 33.2 Å². The third kappa shape index (κ3) is 3.60. The Kier molecular flexibility index (Phi) is 3.94. The van der Waals surface area contributed by atoms with Crippen LogP contribution < -0.4 is 21.8 Å². The highest BCUT2D eigenvalue weighted by atomic mass is 32.2. The predicted octanol–water partition coefficient (Wildman–Crippen LogP) is -1.94. The minimum absolute atomic E-state index is 0.0351. The highest BCUT2D eigenvalue weighted by molar-refractivity contribution is 7.91. The molecule has 0 spiro atoms. The average Bonchev–Trinajstić information content (AvgIpc) is 3.14. The molecule has 1 aliphatic heterocycles. The van der Waals surface area contributed by atoms with E-state index in [1.165, 1.54) is 16.8 Å². The number of imidazole rings is 1. The monoisotopic (exact) mass is 418 g/mol. The van der Waals surface area contributed by atoms with Gasteiger partial charge < -0.3 is 15.4 Å². The van der Waals surface area contributed by atoms with Crippen molar-refractivity contribution in [1.29, 1.82) is 0 Å². The Balaban J connectivity index is 1.63. The highest BCUT2D eigenvalue weighted by Gasteiger charge is 2.28. The lowest BCUT2D eigenvalue weighted by Gasteiger charge is -2.10. The average molecular weight is 418 g/mol. The van der Waals surface area contributed by atoms with Crippen molar-refractivity contribution in [3.8, 4) is 5.88 Å². The zero-order chi connectivity index (χ0) is 20.2. The number of rotatable bonds is 4. The number of sulfone groups is 1. The van der Waals surface area contributed by atoms with Crippen molar-refractivity contribution in [2.45, 2.75) is 31.3 Å². The van der Waals surface area contributed by atoms with Gasteiger partial charge in [-0.1, -0.05) is 0 Å². The van der Waals surface area contributed by atoms with E-state index in [9.17, 15) is 18.3 Å². The van der Waals surface area contributed by atoms with Crippen LogP contribution in [0.4, 0.5) is 5.95 Å². The lowest BCUT2D eigenvalue weighted by molar-refractivity contribution is 0.454. The van der Waals surface area contributed by atoms with E-state index in [-0.39, 0.29) is 41.1 Å². The van der Waals surface area contributed by atoms with Crippen LogP contribution in [-0.2, 0) is 9.84 Å². The largest absolute Gasteiger partial charge is 0.493 e. The molecule has 5 rings (SSSR count). The van der Waals surface area contributed by atoms with E-state index in [1.54, 1.807) is 0 Å². The number of fused-ring (bicyclic) bond motifs is 1. The van der Waals surface area contributed by atoms with Crippen molar-refractivity contribution in [2.75, 3.05) is 16.8 Å². The van der Waals surface area contributed by atoms with Crippen LogP contribution in [0.3, 0.4) is 0 Å². The molecule has 29 heavy (non-hydrogen) atoms. The summed E-state index contributed by atoms with van der Waals surface area (Å²) in [6.07, 6.45) is 5.52. The Labute approximate surface area is 163 Å². The number of aromatic nitrogens is 6. The summed E-state index contributed by atoms with van der Waals surface area (Å²) in [6, 6.07) is -0.0776. The Morgan fingerprint density at radius 3 is 2.76 bits per heavy atom. The first-order valence-electron chi connectivity index (χ1n) is 9.16. The topological polar surface area (TPSA) is 170 Å². The Bertz CT molecular complexity index is 1380. The number of nitrogens with zero attached hydrogens (tertiary/aromatic N) is 5. The van der Waals surface area contributed by atoms with E-state index in [1.807, 2.05) is 0 Å². The van der Waals surface area contributed by atoms with Crippen molar-refractivity contribution >= 4 is 27.5 Å². The molecular formula is C16H18N8O4S. The number of H-pyrrole nitrogens is 2. The minimum atomic E-state index is -3.05. The summed E-state index contributed by atoms with van der Waals surface area (Å²) in [5.41, 5.74) is 0.450. The molecule has 13 heteroatoms. The fourth-order valence-corrected chi connectivity index (χ4v) is 4.91. The molecular weight excluding hydrogens is 400 g/mol. The van der Waals surface area contributed by atoms with Gasteiger partial charge in [-0.3, -0.25) is 4.98 Å². The smallest absolute Gasteiger partial charge is 0.326 e. The lowest BCUT2D eigenvalue weighted by atomic mass is 10.3. The van der Waals surface area contributed by atoms with E-state index in [0.717, 1.165) is 12.8 Å². The van der Waals surface area contributed by atoms with Crippen LogP contribution in [0.1, 0.15) is 25.0 Å². The number of hydrogen-bond acceptors (Lipinski definition) is 9. The Hall–Kier alpha value is -3.22. The van der Waals surface area contributed by atoms with Gasteiger partial charge in [0.1, 0.15) is 5.69 Å². The maximum atomic E-state index is 11.7. The normalized spacial score (nSPS) is 22.6. The first-order chi connectivity index (χ1) is 13.9. The molecule has 1 atom stereocenters. The molecule has 1 saturated carbocycles. The van der Waals surface area contributed by atoms with Crippen LogP contribution in [0.2, 0.25) is 0 Å². The summed E-state index contributed by atoms with van der Waals surface area (Å²) in [4.78, 5) is 29.6. The van der Waals surface area contributed by atoms with Gasteiger partial charge >= 0.3 is 5.69 Å².